The summed E-state index contributed by atoms with van der Waals surface area (Å²) >= 11 is 0. The van der Waals surface area contributed by atoms with Crippen molar-refractivity contribution in [2.45, 2.75) is 38.5 Å². The van der Waals surface area contributed by atoms with Crippen LogP contribution in [0.15, 0.2) is 6.07 Å². The summed E-state index contributed by atoms with van der Waals surface area (Å²) < 4.78 is 7.05. The van der Waals surface area contributed by atoms with Gasteiger partial charge in [-0.2, -0.15) is 5.10 Å². The standard InChI is InChI=1S/C12H18N4O2/c1-7-4-11(13)16(15-7)6-12(17)14-9-5-10-8(9)2-3-18-10/h4,8-10H,2-3,5-6,13H2,1H3,(H,14,17)/t8-,9+,10+/m0/s1. The van der Waals surface area contributed by atoms with Crippen LogP contribution in [0.5, 0.6) is 0 Å². The number of aryl methyl sites for hydroxylation is 1. The maximum absolute atomic E-state index is 11.9. The van der Waals surface area contributed by atoms with Crippen molar-refractivity contribution in [3.63, 3.8) is 0 Å². The largest absolute Gasteiger partial charge is 0.384 e. The van der Waals surface area contributed by atoms with E-state index in [1.54, 1.807) is 6.07 Å². The van der Waals surface area contributed by atoms with Gasteiger partial charge in [0.05, 0.1) is 11.8 Å². The molecule has 0 aromatic carbocycles. The van der Waals surface area contributed by atoms with E-state index in [-0.39, 0.29) is 18.5 Å². The lowest BCUT2D eigenvalue weighted by molar-refractivity contribution is -0.124. The van der Waals surface area contributed by atoms with Crippen molar-refractivity contribution >= 4 is 11.7 Å². The molecule has 1 saturated heterocycles. The van der Waals surface area contributed by atoms with E-state index < -0.39 is 0 Å². The number of nitrogens with one attached hydrogen (secondary N) is 1. The van der Waals surface area contributed by atoms with Gasteiger partial charge in [-0.05, 0) is 19.8 Å². The molecule has 2 heterocycles. The first kappa shape index (κ1) is 11.5. The van der Waals surface area contributed by atoms with Crippen LogP contribution in [0.25, 0.3) is 0 Å². The lowest BCUT2D eigenvalue weighted by Crippen LogP contribution is -2.54. The Balaban J connectivity index is 1.55. The Morgan fingerprint density at radius 2 is 2.56 bits per heavy atom. The number of carbonyl (C=O) groups is 1. The number of fused-ring (bicyclic) bond motifs is 1. The zero-order valence-corrected chi connectivity index (χ0v) is 10.4. The lowest BCUT2D eigenvalue weighted by atomic mass is 9.76. The molecule has 1 aromatic heterocycles. The molecule has 98 valence electrons. The van der Waals surface area contributed by atoms with E-state index in [0.717, 1.165) is 25.1 Å². The predicted octanol–water partition coefficient (Wildman–Crippen LogP) is 0.0673. The summed E-state index contributed by atoms with van der Waals surface area (Å²) in [6, 6.07) is 2.03. The number of amides is 1. The smallest absolute Gasteiger partial charge is 0.242 e. The van der Waals surface area contributed by atoms with Crippen LogP contribution in [0.3, 0.4) is 0 Å². The number of hydrogen-bond donors (Lipinski definition) is 2. The van der Waals surface area contributed by atoms with Crippen LogP contribution in [-0.2, 0) is 16.1 Å². The Morgan fingerprint density at radius 3 is 3.22 bits per heavy atom. The van der Waals surface area contributed by atoms with Gasteiger partial charge in [-0.15, -0.1) is 0 Å². The molecule has 0 spiro atoms. The molecule has 3 rings (SSSR count). The molecule has 6 heteroatoms. The molecule has 1 aliphatic heterocycles. The Kier molecular flexibility index (Phi) is 2.74. The van der Waals surface area contributed by atoms with Gasteiger partial charge >= 0.3 is 0 Å². The highest BCUT2D eigenvalue weighted by Gasteiger charge is 2.45. The highest BCUT2D eigenvalue weighted by atomic mass is 16.5. The Labute approximate surface area is 105 Å². The van der Waals surface area contributed by atoms with Crippen molar-refractivity contribution in [3.8, 4) is 0 Å². The summed E-state index contributed by atoms with van der Waals surface area (Å²) in [6.07, 6.45) is 2.36. The molecule has 3 atom stereocenters. The van der Waals surface area contributed by atoms with Crippen molar-refractivity contribution in [2.24, 2.45) is 5.92 Å². The molecule has 18 heavy (non-hydrogen) atoms. The van der Waals surface area contributed by atoms with Crippen molar-refractivity contribution in [2.75, 3.05) is 12.3 Å². The van der Waals surface area contributed by atoms with Crippen molar-refractivity contribution in [1.29, 1.82) is 0 Å². The van der Waals surface area contributed by atoms with E-state index in [2.05, 4.69) is 10.4 Å². The van der Waals surface area contributed by atoms with Gasteiger partial charge in [0, 0.05) is 24.6 Å². The van der Waals surface area contributed by atoms with Gasteiger partial charge in [0.1, 0.15) is 12.4 Å². The summed E-state index contributed by atoms with van der Waals surface area (Å²) in [5.74, 6) is 1.00. The Hall–Kier alpha value is -1.56. The van der Waals surface area contributed by atoms with Gasteiger partial charge in [-0.3, -0.25) is 4.79 Å². The number of hydrogen-bond acceptors (Lipinski definition) is 4. The lowest BCUT2D eigenvalue weighted by Gasteiger charge is -2.39. The number of anilines is 1. The fourth-order valence-electron chi connectivity index (χ4n) is 2.84. The molecule has 0 radical (unpaired) electrons. The Bertz CT molecular complexity index is 471. The van der Waals surface area contributed by atoms with Crippen LogP contribution >= 0.6 is 0 Å². The monoisotopic (exact) mass is 250 g/mol. The third-order valence-electron chi connectivity index (χ3n) is 3.84. The van der Waals surface area contributed by atoms with E-state index >= 15 is 0 Å². The van der Waals surface area contributed by atoms with Crippen LogP contribution in [0.2, 0.25) is 0 Å². The van der Waals surface area contributed by atoms with Gasteiger partial charge in [0.15, 0.2) is 0 Å². The minimum atomic E-state index is -0.0276. The van der Waals surface area contributed by atoms with Crippen LogP contribution in [0, 0.1) is 12.8 Å². The first-order valence-corrected chi connectivity index (χ1v) is 6.34. The number of nitrogens with zero attached hydrogens (tertiary/aromatic N) is 2. The van der Waals surface area contributed by atoms with E-state index in [4.69, 9.17) is 10.5 Å². The van der Waals surface area contributed by atoms with E-state index in [0.29, 0.717) is 17.8 Å². The van der Waals surface area contributed by atoms with Crippen molar-refractivity contribution in [1.82, 2.24) is 15.1 Å². The molecule has 3 N–H and O–H groups in total. The summed E-state index contributed by atoms with van der Waals surface area (Å²) in [5, 5.41) is 7.21. The van der Waals surface area contributed by atoms with Gasteiger partial charge in [0.25, 0.3) is 0 Å². The average molecular weight is 250 g/mol. The van der Waals surface area contributed by atoms with Crippen LogP contribution in [0.1, 0.15) is 18.5 Å². The van der Waals surface area contributed by atoms with Crippen LogP contribution in [-0.4, -0.2) is 34.4 Å². The molecule has 0 bridgehead atoms. The first-order chi connectivity index (χ1) is 8.63. The predicted molar refractivity (Wildman–Crippen MR) is 65.8 cm³/mol. The molecule has 1 aromatic rings. The van der Waals surface area contributed by atoms with E-state index in [1.807, 2.05) is 6.92 Å². The zero-order chi connectivity index (χ0) is 12.7. The summed E-state index contributed by atoms with van der Waals surface area (Å²) in [5.41, 5.74) is 6.58. The molecule has 6 nitrogen and oxygen atoms in total. The molecule has 2 fully saturated rings. The van der Waals surface area contributed by atoms with E-state index in [9.17, 15) is 4.79 Å². The minimum absolute atomic E-state index is 0.0276. The zero-order valence-electron chi connectivity index (χ0n) is 10.4. The number of rotatable bonds is 3. The minimum Gasteiger partial charge on any atom is -0.384 e. The number of nitrogen functional groups attached to an aromatic ring is 1. The van der Waals surface area contributed by atoms with Crippen molar-refractivity contribution in [3.05, 3.63) is 11.8 Å². The molecular weight excluding hydrogens is 232 g/mol. The van der Waals surface area contributed by atoms with Crippen molar-refractivity contribution < 1.29 is 9.53 Å². The number of ether oxygens (including phenoxy) is 1. The van der Waals surface area contributed by atoms with E-state index in [1.165, 1.54) is 4.68 Å². The number of nitrogens with two attached hydrogens (primary N) is 1. The normalized spacial score (nSPS) is 29.7. The maximum atomic E-state index is 11.9. The highest BCUT2D eigenvalue weighted by molar-refractivity contribution is 5.76. The van der Waals surface area contributed by atoms with Gasteiger partial charge in [0.2, 0.25) is 5.91 Å². The topological polar surface area (TPSA) is 82.2 Å². The number of aromatic nitrogens is 2. The Morgan fingerprint density at radius 1 is 1.72 bits per heavy atom. The average Bonchev–Trinajstić information content (AvgIpc) is 2.79. The molecule has 0 unspecified atom stereocenters. The maximum Gasteiger partial charge on any atom is 0.242 e. The molecule has 1 saturated carbocycles. The summed E-state index contributed by atoms with van der Waals surface area (Å²) in [6.45, 7) is 2.87. The fourth-order valence-corrected chi connectivity index (χ4v) is 2.84. The highest BCUT2D eigenvalue weighted by Crippen LogP contribution is 2.38. The second-order valence-electron chi connectivity index (χ2n) is 5.14. The first-order valence-electron chi connectivity index (χ1n) is 6.34. The molecule has 1 amide bonds. The van der Waals surface area contributed by atoms with Crippen LogP contribution < -0.4 is 11.1 Å². The fraction of sp³-hybridized carbons (Fsp3) is 0.667. The van der Waals surface area contributed by atoms with Gasteiger partial charge in [-0.25, -0.2) is 4.68 Å². The summed E-state index contributed by atoms with van der Waals surface area (Å²) in [7, 11) is 0. The van der Waals surface area contributed by atoms with Gasteiger partial charge < -0.3 is 15.8 Å². The second kappa shape index (κ2) is 4.28. The molecule has 1 aliphatic carbocycles. The summed E-state index contributed by atoms with van der Waals surface area (Å²) in [4.78, 5) is 11.9. The SMILES string of the molecule is Cc1cc(N)n(CC(=O)N[C@@H]2C[C@H]3OCC[C@@H]23)n1. The number of carbonyl (C=O) groups excluding carboxylic acids is 1. The van der Waals surface area contributed by atoms with Crippen LogP contribution in [0.4, 0.5) is 5.82 Å². The quantitative estimate of drug-likeness (QED) is 0.795. The second-order valence-corrected chi connectivity index (χ2v) is 5.14. The molecular formula is C12H18N4O2. The van der Waals surface area contributed by atoms with Gasteiger partial charge in [-0.1, -0.05) is 0 Å². The third kappa shape index (κ3) is 1.96. The molecule has 2 aliphatic rings. The third-order valence-corrected chi connectivity index (χ3v) is 3.84.